The van der Waals surface area contributed by atoms with Crippen LogP contribution in [0.3, 0.4) is 0 Å². The number of hydrogen-bond acceptors (Lipinski definition) is 5. The Kier molecular flexibility index (Phi) is 6.14. The van der Waals surface area contributed by atoms with Crippen LogP contribution < -0.4 is 10.6 Å². The van der Waals surface area contributed by atoms with E-state index >= 15 is 0 Å². The van der Waals surface area contributed by atoms with Gasteiger partial charge in [-0.1, -0.05) is 30.3 Å². The van der Waals surface area contributed by atoms with E-state index in [9.17, 15) is 0 Å². The van der Waals surface area contributed by atoms with Crippen molar-refractivity contribution in [2.24, 2.45) is 4.99 Å². The number of aromatic nitrogens is 2. The predicted molar refractivity (Wildman–Crippen MR) is 106 cm³/mol. The summed E-state index contributed by atoms with van der Waals surface area (Å²) >= 11 is 3.34. The van der Waals surface area contributed by atoms with E-state index in [1.54, 1.807) is 29.7 Å². The fourth-order valence-electron chi connectivity index (χ4n) is 2.35. The van der Waals surface area contributed by atoms with Crippen molar-refractivity contribution in [3.05, 3.63) is 56.8 Å². The minimum atomic E-state index is 0.660. The fraction of sp³-hybridized carbons (Fsp3) is 0.278. The van der Waals surface area contributed by atoms with Gasteiger partial charge in [-0.3, -0.25) is 4.99 Å². The number of nitrogens with one attached hydrogen (secondary N) is 2. The summed E-state index contributed by atoms with van der Waals surface area (Å²) < 4.78 is 0. The normalized spacial score (nSPS) is 11.5. The maximum atomic E-state index is 4.68. The quantitative estimate of drug-likeness (QED) is 0.514. The van der Waals surface area contributed by atoms with Gasteiger partial charge in [0.05, 0.1) is 22.9 Å². The monoisotopic (exact) mass is 371 g/mol. The summed E-state index contributed by atoms with van der Waals surface area (Å²) in [6, 6.07) is 10.2. The molecule has 5 nitrogen and oxygen atoms in total. The van der Waals surface area contributed by atoms with E-state index in [0.717, 1.165) is 45.9 Å². The number of aryl methyl sites for hydroxylation is 1. The second kappa shape index (κ2) is 8.73. The first kappa shape index (κ1) is 17.6. The molecule has 0 saturated heterocycles. The van der Waals surface area contributed by atoms with Crippen LogP contribution in [-0.2, 0) is 13.0 Å². The topological polar surface area (TPSA) is 62.2 Å². The molecule has 0 amide bonds. The van der Waals surface area contributed by atoms with Crippen molar-refractivity contribution in [1.82, 2.24) is 20.6 Å². The van der Waals surface area contributed by atoms with Crippen LogP contribution in [-0.4, -0.2) is 29.5 Å². The number of guanidine groups is 1. The molecule has 3 aromatic rings. The standard InChI is InChI=1S/C18H21N5S2/c1-13-22-15(11-24-13)8-9-20-18(19-2)21-10-17-23-16(12-25-17)14-6-4-3-5-7-14/h3-7,11-12H,8-10H2,1-2H3,(H2,19,20,21). The molecule has 1 aromatic carbocycles. The zero-order valence-electron chi connectivity index (χ0n) is 14.3. The number of aliphatic imine (C=N–C) groups is 1. The molecule has 0 aliphatic rings. The highest BCUT2D eigenvalue weighted by molar-refractivity contribution is 7.10. The lowest BCUT2D eigenvalue weighted by Gasteiger charge is -2.10. The van der Waals surface area contributed by atoms with Crippen LogP contribution in [0.1, 0.15) is 15.7 Å². The van der Waals surface area contributed by atoms with Gasteiger partial charge < -0.3 is 10.6 Å². The Morgan fingerprint density at radius 2 is 1.92 bits per heavy atom. The van der Waals surface area contributed by atoms with E-state index < -0.39 is 0 Å². The number of benzene rings is 1. The molecule has 2 aromatic heterocycles. The van der Waals surface area contributed by atoms with Crippen LogP contribution in [0.25, 0.3) is 11.3 Å². The Hall–Kier alpha value is -2.25. The highest BCUT2D eigenvalue weighted by Gasteiger charge is 2.05. The third-order valence-electron chi connectivity index (χ3n) is 3.59. The second-order valence-electron chi connectivity index (χ2n) is 5.45. The van der Waals surface area contributed by atoms with E-state index in [4.69, 9.17) is 0 Å². The van der Waals surface area contributed by atoms with E-state index in [1.807, 2.05) is 25.1 Å². The fourth-order valence-corrected chi connectivity index (χ4v) is 3.74. The Labute approximate surface area is 155 Å². The van der Waals surface area contributed by atoms with Crippen molar-refractivity contribution in [2.75, 3.05) is 13.6 Å². The SMILES string of the molecule is CN=C(NCCc1csc(C)n1)NCc1nc(-c2ccccc2)cs1. The minimum absolute atomic E-state index is 0.660. The lowest BCUT2D eigenvalue weighted by Crippen LogP contribution is -2.37. The van der Waals surface area contributed by atoms with Gasteiger partial charge in [-0.15, -0.1) is 22.7 Å². The molecule has 0 bridgehead atoms. The van der Waals surface area contributed by atoms with Crippen molar-refractivity contribution in [3.63, 3.8) is 0 Å². The molecule has 0 saturated carbocycles. The summed E-state index contributed by atoms with van der Waals surface area (Å²) in [5.74, 6) is 0.781. The average molecular weight is 372 g/mol. The van der Waals surface area contributed by atoms with Gasteiger partial charge in [-0.2, -0.15) is 0 Å². The zero-order chi connectivity index (χ0) is 17.5. The molecule has 2 heterocycles. The smallest absolute Gasteiger partial charge is 0.191 e. The van der Waals surface area contributed by atoms with Gasteiger partial charge in [0.25, 0.3) is 0 Å². The molecule has 7 heteroatoms. The number of rotatable bonds is 6. The highest BCUT2D eigenvalue weighted by Crippen LogP contribution is 2.21. The third kappa shape index (κ3) is 5.11. The molecule has 0 unspecified atom stereocenters. The summed E-state index contributed by atoms with van der Waals surface area (Å²) in [6.07, 6.45) is 0.889. The van der Waals surface area contributed by atoms with Crippen molar-refractivity contribution in [2.45, 2.75) is 19.9 Å². The highest BCUT2D eigenvalue weighted by atomic mass is 32.1. The molecule has 0 spiro atoms. The van der Waals surface area contributed by atoms with Crippen molar-refractivity contribution in [3.8, 4) is 11.3 Å². The number of hydrogen-bond donors (Lipinski definition) is 2. The molecule has 0 aliphatic carbocycles. The minimum Gasteiger partial charge on any atom is -0.356 e. The van der Waals surface area contributed by atoms with Gasteiger partial charge >= 0.3 is 0 Å². The second-order valence-corrected chi connectivity index (χ2v) is 7.46. The van der Waals surface area contributed by atoms with Gasteiger partial charge in [-0.25, -0.2) is 9.97 Å². The van der Waals surface area contributed by atoms with Crippen LogP contribution in [0, 0.1) is 6.92 Å². The summed E-state index contributed by atoms with van der Waals surface area (Å²) in [4.78, 5) is 13.4. The molecular formula is C18H21N5S2. The Morgan fingerprint density at radius 1 is 1.08 bits per heavy atom. The van der Waals surface area contributed by atoms with Crippen molar-refractivity contribution in [1.29, 1.82) is 0 Å². The Morgan fingerprint density at radius 3 is 2.64 bits per heavy atom. The molecule has 0 aliphatic heterocycles. The maximum Gasteiger partial charge on any atom is 0.191 e. The van der Waals surface area contributed by atoms with Crippen LogP contribution in [0.2, 0.25) is 0 Å². The first-order chi connectivity index (χ1) is 12.2. The number of thiazole rings is 2. The average Bonchev–Trinajstić information content (AvgIpc) is 3.28. The van der Waals surface area contributed by atoms with Gasteiger partial charge in [0.2, 0.25) is 0 Å². The van der Waals surface area contributed by atoms with Crippen molar-refractivity contribution >= 4 is 28.6 Å². The van der Waals surface area contributed by atoms with Gasteiger partial charge in [0.15, 0.2) is 5.96 Å². The van der Waals surface area contributed by atoms with E-state index in [0.29, 0.717) is 6.54 Å². The third-order valence-corrected chi connectivity index (χ3v) is 5.26. The molecular weight excluding hydrogens is 350 g/mol. The Balaban J connectivity index is 1.47. The molecule has 0 radical (unpaired) electrons. The number of nitrogens with zero attached hydrogens (tertiary/aromatic N) is 3. The van der Waals surface area contributed by atoms with Gasteiger partial charge in [-0.05, 0) is 6.92 Å². The van der Waals surface area contributed by atoms with E-state index in [1.165, 1.54) is 0 Å². The first-order valence-electron chi connectivity index (χ1n) is 8.10. The van der Waals surface area contributed by atoms with Crippen LogP contribution in [0.4, 0.5) is 0 Å². The molecule has 0 fully saturated rings. The van der Waals surface area contributed by atoms with Crippen LogP contribution in [0.5, 0.6) is 0 Å². The molecule has 3 rings (SSSR count). The van der Waals surface area contributed by atoms with Crippen molar-refractivity contribution < 1.29 is 0 Å². The Bertz CT molecular complexity index is 823. The molecule has 2 N–H and O–H groups in total. The largest absolute Gasteiger partial charge is 0.356 e. The van der Waals surface area contributed by atoms with Crippen LogP contribution >= 0.6 is 22.7 Å². The lowest BCUT2D eigenvalue weighted by atomic mass is 10.2. The van der Waals surface area contributed by atoms with E-state index in [2.05, 4.69) is 48.5 Å². The summed E-state index contributed by atoms with van der Waals surface area (Å²) in [5.41, 5.74) is 3.29. The zero-order valence-corrected chi connectivity index (χ0v) is 16.0. The van der Waals surface area contributed by atoms with E-state index in [-0.39, 0.29) is 0 Å². The van der Waals surface area contributed by atoms with Gasteiger partial charge in [0, 0.05) is 36.3 Å². The predicted octanol–water partition coefficient (Wildman–Crippen LogP) is 3.48. The summed E-state index contributed by atoms with van der Waals surface area (Å²) in [6.45, 7) is 3.49. The maximum absolute atomic E-state index is 4.68. The van der Waals surface area contributed by atoms with Gasteiger partial charge in [0.1, 0.15) is 5.01 Å². The molecule has 25 heavy (non-hydrogen) atoms. The molecule has 130 valence electrons. The van der Waals surface area contributed by atoms with Crippen LogP contribution in [0.15, 0.2) is 46.1 Å². The lowest BCUT2D eigenvalue weighted by molar-refractivity contribution is 0.784. The summed E-state index contributed by atoms with van der Waals surface area (Å²) in [5, 5.41) is 13.0. The summed E-state index contributed by atoms with van der Waals surface area (Å²) in [7, 11) is 1.78. The first-order valence-corrected chi connectivity index (χ1v) is 9.86. The molecule has 0 atom stereocenters.